The fourth-order valence-electron chi connectivity index (χ4n) is 3.85. The largest absolute Gasteiger partial charge is 0.393 e. The van der Waals surface area contributed by atoms with Crippen LogP contribution in [-0.4, -0.2) is 42.3 Å². The van der Waals surface area contributed by atoms with E-state index in [1.807, 2.05) is 0 Å². The Morgan fingerprint density at radius 3 is 2.71 bits per heavy atom. The number of hydrogen-bond donors (Lipinski definition) is 2. The van der Waals surface area contributed by atoms with Gasteiger partial charge in [0.25, 0.3) is 0 Å². The zero-order valence-electron chi connectivity index (χ0n) is 11.4. The van der Waals surface area contributed by atoms with Crippen LogP contribution in [-0.2, 0) is 0 Å². The van der Waals surface area contributed by atoms with Crippen LogP contribution in [0.3, 0.4) is 0 Å². The highest BCUT2D eigenvalue weighted by Gasteiger charge is 2.42. The molecule has 4 unspecified atom stereocenters. The van der Waals surface area contributed by atoms with Gasteiger partial charge in [0.05, 0.1) is 6.10 Å². The van der Waals surface area contributed by atoms with Crippen LogP contribution in [0.15, 0.2) is 0 Å². The van der Waals surface area contributed by atoms with E-state index in [9.17, 15) is 5.11 Å². The van der Waals surface area contributed by atoms with Gasteiger partial charge in [-0.3, -0.25) is 0 Å². The number of aliphatic hydroxyl groups is 1. The molecule has 1 saturated carbocycles. The van der Waals surface area contributed by atoms with Crippen molar-refractivity contribution in [3.8, 4) is 0 Å². The summed E-state index contributed by atoms with van der Waals surface area (Å²) in [6.45, 7) is 8.69. The molecule has 100 valence electrons. The second kappa shape index (κ2) is 5.25. The lowest BCUT2D eigenvalue weighted by Gasteiger charge is -2.33. The Bertz CT molecular complexity index is 259. The standard InChI is InChI=1S/C14H28N2O/c1-3-6-14(2,9-15)10-16-7-11-4-5-13(17)12(11)8-16/h11-13,17H,3-10,15H2,1-2H3. The lowest BCUT2D eigenvalue weighted by atomic mass is 9.85. The first-order chi connectivity index (χ1) is 8.08. The summed E-state index contributed by atoms with van der Waals surface area (Å²) in [6, 6.07) is 0. The van der Waals surface area contributed by atoms with Gasteiger partial charge in [-0.1, -0.05) is 20.3 Å². The molecule has 0 radical (unpaired) electrons. The van der Waals surface area contributed by atoms with Crippen molar-refractivity contribution < 1.29 is 5.11 Å². The van der Waals surface area contributed by atoms with E-state index >= 15 is 0 Å². The number of nitrogens with two attached hydrogens (primary N) is 1. The minimum Gasteiger partial charge on any atom is -0.393 e. The SMILES string of the molecule is CCCC(C)(CN)CN1CC2CCC(O)C2C1. The Morgan fingerprint density at radius 2 is 2.12 bits per heavy atom. The zero-order chi connectivity index (χ0) is 12.5. The maximum Gasteiger partial charge on any atom is 0.0583 e. The molecule has 1 aliphatic heterocycles. The van der Waals surface area contributed by atoms with Crippen LogP contribution in [0.2, 0.25) is 0 Å². The van der Waals surface area contributed by atoms with Crippen molar-refractivity contribution >= 4 is 0 Å². The van der Waals surface area contributed by atoms with Gasteiger partial charge >= 0.3 is 0 Å². The third-order valence-corrected chi connectivity index (χ3v) is 4.85. The quantitative estimate of drug-likeness (QED) is 0.765. The summed E-state index contributed by atoms with van der Waals surface area (Å²) in [6.07, 6.45) is 4.61. The molecular formula is C14H28N2O. The van der Waals surface area contributed by atoms with Gasteiger partial charge in [0.1, 0.15) is 0 Å². The molecule has 1 heterocycles. The predicted octanol–water partition coefficient (Wildman–Crippen LogP) is 1.45. The van der Waals surface area contributed by atoms with Crippen molar-refractivity contribution in [2.75, 3.05) is 26.2 Å². The maximum absolute atomic E-state index is 9.92. The molecule has 0 spiro atoms. The first-order valence-corrected chi connectivity index (χ1v) is 7.18. The molecule has 3 nitrogen and oxygen atoms in total. The maximum atomic E-state index is 9.92. The number of aliphatic hydroxyl groups excluding tert-OH is 1. The van der Waals surface area contributed by atoms with E-state index in [0.717, 1.165) is 32.0 Å². The first kappa shape index (κ1) is 13.3. The fraction of sp³-hybridized carbons (Fsp3) is 1.00. The van der Waals surface area contributed by atoms with Gasteiger partial charge < -0.3 is 15.7 Å². The number of nitrogens with zero attached hydrogens (tertiary/aromatic N) is 1. The van der Waals surface area contributed by atoms with Crippen LogP contribution in [0.4, 0.5) is 0 Å². The molecule has 3 heteroatoms. The summed E-state index contributed by atoms with van der Waals surface area (Å²) in [7, 11) is 0. The minimum atomic E-state index is -0.0414. The van der Waals surface area contributed by atoms with E-state index in [1.165, 1.54) is 25.8 Å². The van der Waals surface area contributed by atoms with Crippen LogP contribution in [0.25, 0.3) is 0 Å². The molecule has 1 aliphatic carbocycles. The minimum absolute atomic E-state index is 0.0414. The Morgan fingerprint density at radius 1 is 1.35 bits per heavy atom. The van der Waals surface area contributed by atoms with Gasteiger partial charge in [0.15, 0.2) is 0 Å². The van der Waals surface area contributed by atoms with Gasteiger partial charge in [-0.2, -0.15) is 0 Å². The highest BCUT2D eigenvalue weighted by atomic mass is 16.3. The van der Waals surface area contributed by atoms with E-state index < -0.39 is 0 Å². The normalized spacial score (nSPS) is 37.1. The van der Waals surface area contributed by atoms with Crippen molar-refractivity contribution in [1.82, 2.24) is 4.90 Å². The van der Waals surface area contributed by atoms with E-state index in [4.69, 9.17) is 5.73 Å². The second-order valence-corrected chi connectivity index (χ2v) is 6.53. The lowest BCUT2D eigenvalue weighted by Crippen LogP contribution is -2.40. The summed E-state index contributed by atoms with van der Waals surface area (Å²) < 4.78 is 0. The summed E-state index contributed by atoms with van der Waals surface area (Å²) in [5.41, 5.74) is 6.20. The highest BCUT2D eigenvalue weighted by molar-refractivity contribution is 4.95. The molecule has 1 saturated heterocycles. The highest BCUT2D eigenvalue weighted by Crippen LogP contribution is 2.39. The van der Waals surface area contributed by atoms with Gasteiger partial charge in [0, 0.05) is 25.6 Å². The Labute approximate surface area is 105 Å². The average molecular weight is 240 g/mol. The average Bonchev–Trinajstić information content (AvgIpc) is 2.82. The molecule has 0 aromatic carbocycles. The van der Waals surface area contributed by atoms with Crippen LogP contribution in [0.5, 0.6) is 0 Å². The third kappa shape index (κ3) is 2.83. The number of fused-ring (bicyclic) bond motifs is 1. The molecule has 0 amide bonds. The van der Waals surface area contributed by atoms with Crippen molar-refractivity contribution in [2.45, 2.75) is 45.6 Å². The summed E-state index contributed by atoms with van der Waals surface area (Å²) in [5.74, 6) is 1.28. The summed E-state index contributed by atoms with van der Waals surface area (Å²) in [4.78, 5) is 2.54. The molecule has 3 N–H and O–H groups in total. The van der Waals surface area contributed by atoms with Gasteiger partial charge in [-0.15, -0.1) is 0 Å². The van der Waals surface area contributed by atoms with Gasteiger partial charge in [-0.25, -0.2) is 0 Å². The Kier molecular flexibility index (Phi) is 4.11. The fourth-order valence-corrected chi connectivity index (χ4v) is 3.85. The second-order valence-electron chi connectivity index (χ2n) is 6.53. The topological polar surface area (TPSA) is 49.5 Å². The molecule has 0 bridgehead atoms. The number of hydrogen-bond acceptors (Lipinski definition) is 3. The Balaban J connectivity index is 1.89. The first-order valence-electron chi connectivity index (χ1n) is 7.18. The van der Waals surface area contributed by atoms with Crippen molar-refractivity contribution in [3.05, 3.63) is 0 Å². The van der Waals surface area contributed by atoms with E-state index in [2.05, 4.69) is 18.7 Å². The van der Waals surface area contributed by atoms with Crippen LogP contribution in [0.1, 0.15) is 39.5 Å². The molecule has 0 aromatic rings. The van der Waals surface area contributed by atoms with Gasteiger partial charge in [-0.05, 0) is 37.1 Å². The summed E-state index contributed by atoms with van der Waals surface area (Å²) in [5, 5.41) is 9.92. The van der Waals surface area contributed by atoms with Crippen LogP contribution in [0, 0.1) is 17.3 Å². The van der Waals surface area contributed by atoms with E-state index in [-0.39, 0.29) is 11.5 Å². The molecular weight excluding hydrogens is 212 g/mol. The monoisotopic (exact) mass is 240 g/mol. The van der Waals surface area contributed by atoms with Crippen molar-refractivity contribution in [3.63, 3.8) is 0 Å². The lowest BCUT2D eigenvalue weighted by molar-refractivity contribution is 0.114. The third-order valence-electron chi connectivity index (χ3n) is 4.85. The smallest absolute Gasteiger partial charge is 0.0583 e. The molecule has 2 fully saturated rings. The number of likely N-dealkylation sites (tertiary alicyclic amines) is 1. The molecule has 17 heavy (non-hydrogen) atoms. The van der Waals surface area contributed by atoms with Crippen molar-refractivity contribution in [1.29, 1.82) is 0 Å². The molecule has 0 aromatic heterocycles. The molecule has 2 aliphatic rings. The number of rotatable bonds is 5. The summed E-state index contributed by atoms with van der Waals surface area (Å²) >= 11 is 0. The van der Waals surface area contributed by atoms with E-state index in [1.54, 1.807) is 0 Å². The molecule has 4 atom stereocenters. The predicted molar refractivity (Wildman–Crippen MR) is 70.7 cm³/mol. The van der Waals surface area contributed by atoms with Crippen LogP contribution >= 0.6 is 0 Å². The zero-order valence-corrected chi connectivity index (χ0v) is 11.4. The van der Waals surface area contributed by atoms with E-state index in [0.29, 0.717) is 5.92 Å². The Hall–Kier alpha value is -0.120. The van der Waals surface area contributed by atoms with Crippen LogP contribution < -0.4 is 5.73 Å². The molecule has 2 rings (SSSR count). The van der Waals surface area contributed by atoms with Gasteiger partial charge in [0.2, 0.25) is 0 Å². The van der Waals surface area contributed by atoms with Crippen molar-refractivity contribution in [2.24, 2.45) is 23.0 Å².